The van der Waals surface area contributed by atoms with Crippen LogP contribution in [0.1, 0.15) is 77.6 Å². The molecule has 0 unspecified atom stereocenters. The summed E-state index contributed by atoms with van der Waals surface area (Å²) in [5.41, 5.74) is 3.87. The highest BCUT2D eigenvalue weighted by atomic mass is 28.4. The summed E-state index contributed by atoms with van der Waals surface area (Å²) < 4.78 is 5.39. The molecule has 7 heteroatoms. The molecule has 27 heavy (non-hydrogen) atoms. The molecule has 0 bridgehead atoms. The summed E-state index contributed by atoms with van der Waals surface area (Å²) in [5, 5.41) is 19.0. The van der Waals surface area contributed by atoms with E-state index in [0.29, 0.717) is 32.1 Å². The second kappa shape index (κ2) is 17.6. The highest BCUT2D eigenvalue weighted by Gasteiger charge is 2.32. The van der Waals surface area contributed by atoms with Crippen molar-refractivity contribution in [1.82, 2.24) is 4.90 Å². The quantitative estimate of drug-likeness (QED) is 0.226. The van der Waals surface area contributed by atoms with Crippen LogP contribution in [0.2, 0.25) is 6.04 Å². The molecule has 0 spiro atoms. The Balaban J connectivity index is 4.00. The molecule has 1 amide bonds. The van der Waals surface area contributed by atoms with E-state index in [4.69, 9.17) is 4.43 Å². The van der Waals surface area contributed by atoms with Gasteiger partial charge in [-0.05, 0) is 18.9 Å². The molecule has 0 fully saturated rings. The van der Waals surface area contributed by atoms with Gasteiger partial charge in [0.25, 0.3) is 0 Å². The van der Waals surface area contributed by atoms with Gasteiger partial charge in [-0.15, -0.1) is 0 Å². The topological polar surface area (TPSA) is 97.6 Å². The molecular formula is C20H45N2O4Si+. The largest absolute Gasteiger partial charge is 0.415 e. The molecule has 6 nitrogen and oxygen atoms in total. The Labute approximate surface area is 167 Å². The molecular weight excluding hydrogens is 360 g/mol. The van der Waals surface area contributed by atoms with E-state index in [9.17, 15) is 15.0 Å². The van der Waals surface area contributed by atoms with Crippen LogP contribution in [0, 0.1) is 0 Å². The Kier molecular flexibility index (Phi) is 17.3. The molecule has 0 aromatic rings. The third-order valence-corrected chi connectivity index (χ3v) is 8.63. The highest BCUT2D eigenvalue weighted by molar-refractivity contribution is 6.73. The van der Waals surface area contributed by atoms with Crippen LogP contribution in [0.15, 0.2) is 0 Å². The minimum absolute atomic E-state index is 0.0816. The average molecular weight is 406 g/mol. The van der Waals surface area contributed by atoms with Crippen molar-refractivity contribution >= 4 is 14.2 Å². The summed E-state index contributed by atoms with van der Waals surface area (Å²) in [6.07, 6.45) is 12.5. The average Bonchev–Trinajstić information content (AvgIpc) is 2.69. The molecule has 0 saturated heterocycles. The number of amides is 1. The van der Waals surface area contributed by atoms with Crippen molar-refractivity contribution in [3.8, 4) is 0 Å². The van der Waals surface area contributed by atoms with Gasteiger partial charge in [-0.2, -0.15) is 0 Å². The zero-order valence-corrected chi connectivity index (χ0v) is 18.9. The van der Waals surface area contributed by atoms with Crippen LogP contribution in [0.4, 0.5) is 0 Å². The molecule has 5 N–H and O–H groups in total. The molecule has 0 heterocycles. The number of aliphatic hydroxyl groups excluding tert-OH is 2. The predicted octanol–water partition coefficient (Wildman–Crippen LogP) is 2.02. The van der Waals surface area contributed by atoms with Crippen molar-refractivity contribution in [3.05, 3.63) is 0 Å². The van der Waals surface area contributed by atoms with Gasteiger partial charge in [-0.25, -0.2) is 0 Å². The first kappa shape index (κ1) is 26.5. The maximum Gasteiger partial charge on any atom is 0.242 e. The summed E-state index contributed by atoms with van der Waals surface area (Å²) in [6.45, 7) is 4.28. The maximum absolute atomic E-state index is 12.5. The van der Waals surface area contributed by atoms with Gasteiger partial charge in [0.15, 0.2) is 0 Å². The van der Waals surface area contributed by atoms with Crippen LogP contribution >= 0.6 is 0 Å². The van der Waals surface area contributed by atoms with Crippen LogP contribution in [0.3, 0.4) is 0 Å². The number of carbonyl (C=O) groups is 1. The number of rotatable bonds is 19. The van der Waals surface area contributed by atoms with Crippen molar-refractivity contribution in [2.75, 3.05) is 39.2 Å². The number of unbranched alkanes of at least 4 members (excludes halogenated alkanes) is 8. The van der Waals surface area contributed by atoms with Gasteiger partial charge in [-0.1, -0.05) is 58.3 Å². The number of hydrogen-bond acceptors (Lipinski definition) is 4. The molecule has 0 aliphatic heterocycles. The van der Waals surface area contributed by atoms with E-state index in [-0.39, 0.29) is 18.4 Å². The number of carbonyl (C=O) groups excluding carboxylic acids is 1. The smallest absolute Gasteiger partial charge is 0.242 e. The lowest BCUT2D eigenvalue weighted by Gasteiger charge is -2.27. The highest BCUT2D eigenvalue weighted by Crippen LogP contribution is 2.14. The summed E-state index contributed by atoms with van der Waals surface area (Å²) in [6, 6.07) is 0.662. The van der Waals surface area contributed by atoms with Crippen LogP contribution in [-0.2, 0) is 9.22 Å². The maximum atomic E-state index is 12.5. The molecule has 0 atom stereocenters. The predicted molar refractivity (Wildman–Crippen MR) is 113 cm³/mol. The zero-order valence-electron chi connectivity index (χ0n) is 17.9. The van der Waals surface area contributed by atoms with Crippen LogP contribution < -0.4 is 5.73 Å². The fraction of sp³-hybridized carbons (Fsp3) is 0.950. The summed E-state index contributed by atoms with van der Waals surface area (Å²) in [7, 11) is -0.880. The Morgan fingerprint density at radius 1 is 0.926 bits per heavy atom. The van der Waals surface area contributed by atoms with Crippen LogP contribution in [0.25, 0.3) is 0 Å². The fourth-order valence-corrected chi connectivity index (χ4v) is 5.01. The van der Waals surface area contributed by atoms with Crippen molar-refractivity contribution in [2.45, 2.75) is 83.6 Å². The third kappa shape index (κ3) is 12.6. The first-order valence-corrected chi connectivity index (χ1v) is 13.5. The summed E-state index contributed by atoms with van der Waals surface area (Å²) in [5.74, 6) is 0.208. The third-order valence-electron chi connectivity index (χ3n) is 5.34. The molecule has 0 rings (SSSR count). The lowest BCUT2D eigenvalue weighted by molar-refractivity contribution is -0.368. The standard InChI is InChI=1S/C20H44N2O4Si/c1-3-4-5-6-7-8-9-10-11-13-20(25)22(16-14-21)15-12-17-27(18-23,19-24)26-2/h23-24H,3-19,21H2,1-2H3/p+1. The van der Waals surface area contributed by atoms with Crippen molar-refractivity contribution in [2.24, 2.45) is 0 Å². The molecule has 0 aliphatic carbocycles. The van der Waals surface area contributed by atoms with Gasteiger partial charge in [0.05, 0.1) is 25.5 Å². The Morgan fingerprint density at radius 2 is 1.48 bits per heavy atom. The lowest BCUT2D eigenvalue weighted by atomic mass is 10.1. The molecule has 162 valence electrons. The zero-order chi connectivity index (χ0) is 20.4. The normalized spacial score (nSPS) is 11.7. The van der Waals surface area contributed by atoms with Gasteiger partial charge >= 0.3 is 0 Å². The van der Waals surface area contributed by atoms with E-state index in [0.717, 1.165) is 19.3 Å². The molecule has 0 saturated carbocycles. The first-order chi connectivity index (χ1) is 13.1. The number of quaternary nitrogens is 1. The first-order valence-electron chi connectivity index (χ1n) is 10.9. The lowest BCUT2D eigenvalue weighted by Crippen LogP contribution is -2.56. The molecule has 0 aromatic heterocycles. The Hall–Kier alpha value is -0.473. The van der Waals surface area contributed by atoms with Gasteiger partial charge in [-0.3, -0.25) is 4.79 Å². The molecule has 0 aromatic carbocycles. The van der Waals surface area contributed by atoms with E-state index in [1.54, 1.807) is 7.11 Å². The van der Waals surface area contributed by atoms with Crippen LogP contribution in [-0.4, -0.2) is 68.5 Å². The number of aliphatic hydroxyl groups is 2. The Bertz CT molecular complexity index is 347. The fourth-order valence-electron chi connectivity index (χ4n) is 3.33. The second-order valence-electron chi connectivity index (χ2n) is 7.62. The van der Waals surface area contributed by atoms with Gasteiger partial charge in [0.1, 0.15) is 0 Å². The molecule has 0 aliphatic rings. The monoisotopic (exact) mass is 405 g/mol. The summed E-state index contributed by atoms with van der Waals surface area (Å²) >= 11 is 0. The minimum Gasteiger partial charge on any atom is -0.415 e. The van der Waals surface area contributed by atoms with Gasteiger partial charge in [0.2, 0.25) is 14.2 Å². The van der Waals surface area contributed by atoms with E-state index in [2.05, 4.69) is 12.7 Å². The second-order valence-corrected chi connectivity index (χ2v) is 11.5. The van der Waals surface area contributed by atoms with E-state index < -0.39 is 8.32 Å². The van der Waals surface area contributed by atoms with E-state index >= 15 is 0 Å². The van der Waals surface area contributed by atoms with Crippen molar-refractivity contribution < 1.29 is 25.2 Å². The van der Waals surface area contributed by atoms with Crippen molar-refractivity contribution in [3.63, 3.8) is 0 Å². The van der Waals surface area contributed by atoms with E-state index in [1.807, 2.05) is 4.90 Å². The summed E-state index contributed by atoms with van der Waals surface area (Å²) in [4.78, 5) is 14.4. The van der Waals surface area contributed by atoms with E-state index in [1.165, 1.54) is 44.9 Å². The molecule has 0 radical (unpaired) electrons. The van der Waals surface area contributed by atoms with Gasteiger partial charge in [0, 0.05) is 20.1 Å². The van der Waals surface area contributed by atoms with Crippen LogP contribution in [0.5, 0.6) is 0 Å². The number of nitrogens with zero attached hydrogens (tertiary/aromatic N) is 1. The Morgan fingerprint density at radius 3 is 1.96 bits per heavy atom. The minimum atomic E-state index is -2.44. The van der Waals surface area contributed by atoms with Gasteiger partial charge < -0.3 is 25.3 Å². The number of hydrogen-bond donors (Lipinski definition) is 3. The SMILES string of the molecule is CCCCCCCCCCCC(=O)N(CC[NH3+])CCC[Si](CO)(CO)OC. The van der Waals surface area contributed by atoms with Crippen molar-refractivity contribution in [1.29, 1.82) is 0 Å².